The Kier molecular flexibility index (Phi) is 5.60. The first-order chi connectivity index (χ1) is 9.79. The van der Waals surface area contributed by atoms with Crippen LogP contribution in [0.1, 0.15) is 20.8 Å². The molecule has 1 amide bonds. The minimum atomic E-state index is -3.86. The van der Waals surface area contributed by atoms with Crippen molar-refractivity contribution in [3.05, 3.63) is 18.2 Å². The molecule has 1 rings (SSSR count). The normalized spacial score (nSPS) is 12.8. The summed E-state index contributed by atoms with van der Waals surface area (Å²) in [5, 5.41) is -1.19. The van der Waals surface area contributed by atoms with Gasteiger partial charge in [0.1, 0.15) is 11.0 Å². The average molecular weight is 314 g/mol. The van der Waals surface area contributed by atoms with Crippen molar-refractivity contribution in [3.63, 3.8) is 0 Å². The molecule has 0 fully saturated rings. The lowest BCUT2D eigenvalue weighted by molar-refractivity contribution is -0.130. The lowest BCUT2D eigenvalue weighted by Crippen LogP contribution is -2.41. The third-order valence-corrected chi connectivity index (χ3v) is 5.51. The van der Waals surface area contributed by atoms with Crippen LogP contribution in [0.5, 0.6) is 5.75 Å². The number of ether oxygens (including phenoxy) is 1. The molecule has 1 aromatic carbocycles. The van der Waals surface area contributed by atoms with Crippen molar-refractivity contribution in [2.75, 3.05) is 25.9 Å². The van der Waals surface area contributed by atoms with Crippen molar-refractivity contribution in [3.8, 4) is 5.75 Å². The van der Waals surface area contributed by atoms with E-state index in [0.717, 1.165) is 0 Å². The number of carbonyl (C=O) groups is 1. The van der Waals surface area contributed by atoms with E-state index < -0.39 is 21.0 Å². The summed E-state index contributed by atoms with van der Waals surface area (Å²) in [5.41, 5.74) is 5.86. The molecule has 2 N–H and O–H groups in total. The second-order valence-electron chi connectivity index (χ2n) is 4.60. The molecule has 1 unspecified atom stereocenters. The fourth-order valence-corrected chi connectivity index (χ4v) is 3.48. The highest BCUT2D eigenvalue weighted by Gasteiger charge is 2.33. The number of hydrogen-bond acceptors (Lipinski definition) is 5. The van der Waals surface area contributed by atoms with Gasteiger partial charge < -0.3 is 15.4 Å². The Morgan fingerprint density at radius 2 is 1.90 bits per heavy atom. The Bertz CT molecular complexity index is 609. The summed E-state index contributed by atoms with van der Waals surface area (Å²) in [7, 11) is -2.43. The zero-order chi connectivity index (χ0) is 16.2. The highest BCUT2D eigenvalue weighted by molar-refractivity contribution is 7.93. The third kappa shape index (κ3) is 3.47. The van der Waals surface area contributed by atoms with E-state index >= 15 is 0 Å². The average Bonchev–Trinajstić information content (AvgIpc) is 2.47. The molecule has 0 aromatic heterocycles. The largest absolute Gasteiger partial charge is 0.497 e. The van der Waals surface area contributed by atoms with Gasteiger partial charge in [-0.25, -0.2) is 8.42 Å². The third-order valence-electron chi connectivity index (χ3n) is 3.42. The number of amides is 1. The number of hydrogen-bond donors (Lipinski definition) is 1. The van der Waals surface area contributed by atoms with Gasteiger partial charge in [0, 0.05) is 19.2 Å². The van der Waals surface area contributed by atoms with E-state index in [1.165, 1.54) is 31.1 Å². The maximum absolute atomic E-state index is 12.6. The first kappa shape index (κ1) is 17.3. The van der Waals surface area contributed by atoms with Crippen LogP contribution in [0.4, 0.5) is 5.69 Å². The van der Waals surface area contributed by atoms with Gasteiger partial charge in [-0.15, -0.1) is 0 Å². The van der Waals surface area contributed by atoms with Crippen LogP contribution in [0.25, 0.3) is 0 Å². The van der Waals surface area contributed by atoms with Crippen LogP contribution in [0, 0.1) is 0 Å². The summed E-state index contributed by atoms with van der Waals surface area (Å²) < 4.78 is 30.3. The zero-order valence-electron chi connectivity index (χ0n) is 12.8. The predicted octanol–water partition coefficient (Wildman–Crippen LogP) is 1.31. The molecule has 0 bridgehead atoms. The second kappa shape index (κ2) is 6.80. The van der Waals surface area contributed by atoms with E-state index in [1.807, 2.05) is 0 Å². The number of benzene rings is 1. The summed E-state index contributed by atoms with van der Waals surface area (Å²) in [5.74, 6) is -0.0486. The van der Waals surface area contributed by atoms with E-state index in [0.29, 0.717) is 18.8 Å². The molecule has 1 aromatic rings. The fourth-order valence-electron chi connectivity index (χ4n) is 2.00. The fraction of sp³-hybridized carbons (Fsp3) is 0.500. The van der Waals surface area contributed by atoms with Crippen LogP contribution in [0.3, 0.4) is 0 Å². The molecule has 0 saturated carbocycles. The summed E-state index contributed by atoms with van der Waals surface area (Å²) in [6.07, 6.45) is 0. The molecule has 0 aliphatic rings. The van der Waals surface area contributed by atoms with Crippen LogP contribution in [-0.2, 0) is 14.6 Å². The lowest BCUT2D eigenvalue weighted by atomic mass is 10.3. The molecule has 0 saturated heterocycles. The minimum absolute atomic E-state index is 0.0742. The molecule has 0 aliphatic heterocycles. The SMILES string of the molecule is CCN(CC)C(=O)C(C)S(=O)(=O)c1cc(OC)ccc1N. The van der Waals surface area contributed by atoms with Crippen molar-refractivity contribution in [2.45, 2.75) is 30.9 Å². The van der Waals surface area contributed by atoms with Gasteiger partial charge in [-0.3, -0.25) is 4.79 Å². The summed E-state index contributed by atoms with van der Waals surface area (Å²) in [6, 6.07) is 4.38. The topological polar surface area (TPSA) is 89.7 Å². The number of carbonyl (C=O) groups excluding carboxylic acids is 1. The number of rotatable bonds is 6. The number of sulfone groups is 1. The number of nitrogens with two attached hydrogens (primary N) is 1. The van der Waals surface area contributed by atoms with Gasteiger partial charge in [-0.05, 0) is 32.9 Å². The summed E-state index contributed by atoms with van der Waals surface area (Å²) in [4.78, 5) is 13.7. The Hall–Kier alpha value is -1.76. The predicted molar refractivity (Wildman–Crippen MR) is 82.0 cm³/mol. The molecular formula is C14H22N2O4S. The van der Waals surface area contributed by atoms with Gasteiger partial charge in [0.05, 0.1) is 17.7 Å². The molecule has 0 spiro atoms. The smallest absolute Gasteiger partial charge is 0.240 e. The molecular weight excluding hydrogens is 292 g/mol. The summed E-state index contributed by atoms with van der Waals surface area (Å²) in [6.45, 7) is 5.92. The number of methoxy groups -OCH3 is 1. The molecule has 0 radical (unpaired) electrons. The van der Waals surface area contributed by atoms with Crippen molar-refractivity contribution in [1.82, 2.24) is 4.90 Å². The van der Waals surface area contributed by atoms with Gasteiger partial charge in [-0.1, -0.05) is 0 Å². The monoisotopic (exact) mass is 314 g/mol. The van der Waals surface area contributed by atoms with Crippen LogP contribution in [0.2, 0.25) is 0 Å². The Labute approximate surface area is 125 Å². The van der Waals surface area contributed by atoms with Gasteiger partial charge in [-0.2, -0.15) is 0 Å². The first-order valence-electron chi connectivity index (χ1n) is 6.75. The maximum atomic E-state index is 12.6. The molecule has 21 heavy (non-hydrogen) atoms. The van der Waals surface area contributed by atoms with Crippen LogP contribution >= 0.6 is 0 Å². The first-order valence-corrected chi connectivity index (χ1v) is 8.30. The highest BCUT2D eigenvalue weighted by Crippen LogP contribution is 2.27. The van der Waals surface area contributed by atoms with Crippen LogP contribution in [-0.4, -0.2) is 44.7 Å². The summed E-state index contributed by atoms with van der Waals surface area (Å²) >= 11 is 0. The number of nitrogen functional groups attached to an aromatic ring is 1. The van der Waals surface area contributed by atoms with E-state index in [2.05, 4.69) is 0 Å². The molecule has 118 valence electrons. The maximum Gasteiger partial charge on any atom is 0.240 e. The lowest BCUT2D eigenvalue weighted by Gasteiger charge is -2.23. The van der Waals surface area contributed by atoms with Crippen molar-refractivity contribution in [2.24, 2.45) is 0 Å². The van der Waals surface area contributed by atoms with Crippen molar-refractivity contribution >= 4 is 21.4 Å². The van der Waals surface area contributed by atoms with Crippen molar-refractivity contribution < 1.29 is 17.9 Å². The molecule has 1 atom stereocenters. The quantitative estimate of drug-likeness (QED) is 0.800. The number of nitrogens with zero attached hydrogens (tertiary/aromatic N) is 1. The van der Waals surface area contributed by atoms with Crippen LogP contribution < -0.4 is 10.5 Å². The molecule has 0 heterocycles. The molecule has 6 nitrogen and oxygen atoms in total. The molecule has 7 heteroatoms. The second-order valence-corrected chi connectivity index (χ2v) is 6.84. The van der Waals surface area contributed by atoms with Gasteiger partial charge in [0.15, 0.2) is 9.84 Å². The van der Waals surface area contributed by atoms with E-state index in [4.69, 9.17) is 10.5 Å². The molecule has 0 aliphatic carbocycles. The Balaban J connectivity index is 3.25. The number of anilines is 1. The van der Waals surface area contributed by atoms with Crippen molar-refractivity contribution in [1.29, 1.82) is 0 Å². The van der Waals surface area contributed by atoms with Gasteiger partial charge in [0.2, 0.25) is 5.91 Å². The minimum Gasteiger partial charge on any atom is -0.497 e. The van der Waals surface area contributed by atoms with E-state index in [9.17, 15) is 13.2 Å². The van der Waals surface area contributed by atoms with E-state index in [-0.39, 0.29) is 10.6 Å². The van der Waals surface area contributed by atoms with E-state index in [1.54, 1.807) is 19.9 Å². The van der Waals surface area contributed by atoms with Gasteiger partial charge in [0.25, 0.3) is 0 Å². The standard InChI is InChI=1S/C14H22N2O4S/c1-5-16(6-2)14(17)10(3)21(18,19)13-9-11(20-4)7-8-12(13)15/h7-10H,5-6,15H2,1-4H3. The zero-order valence-corrected chi connectivity index (χ0v) is 13.6. The highest BCUT2D eigenvalue weighted by atomic mass is 32.2. The van der Waals surface area contributed by atoms with Crippen LogP contribution in [0.15, 0.2) is 23.1 Å². The van der Waals surface area contributed by atoms with Gasteiger partial charge >= 0.3 is 0 Å². The Morgan fingerprint density at radius 3 is 2.38 bits per heavy atom. The Morgan fingerprint density at radius 1 is 1.33 bits per heavy atom.